The molecule has 1 fully saturated rings. The number of hydrogen-bond donors (Lipinski definition) is 1. The van der Waals surface area contributed by atoms with Crippen LogP contribution in [-0.2, 0) is 11.8 Å². The summed E-state index contributed by atoms with van der Waals surface area (Å²) >= 11 is 0. The highest BCUT2D eigenvalue weighted by molar-refractivity contribution is 6.00. The lowest BCUT2D eigenvalue weighted by Crippen LogP contribution is -2.40. The second-order valence-electron chi connectivity index (χ2n) is 9.94. The average Bonchev–Trinajstić information content (AvgIpc) is 3.33. The minimum absolute atomic E-state index is 0. The van der Waals surface area contributed by atoms with Gasteiger partial charge in [0.05, 0.1) is 23.3 Å². The van der Waals surface area contributed by atoms with Crippen molar-refractivity contribution in [1.82, 2.24) is 20.2 Å². The first-order chi connectivity index (χ1) is 15.8. The van der Waals surface area contributed by atoms with Crippen LogP contribution in [0.2, 0.25) is 0 Å². The van der Waals surface area contributed by atoms with E-state index in [1.165, 1.54) is 28.1 Å². The van der Waals surface area contributed by atoms with E-state index in [9.17, 15) is 0 Å². The molecule has 1 N–H and O–H groups in total. The zero-order valence-electron chi connectivity index (χ0n) is 20.4. The number of aromatic nitrogens is 2. The van der Waals surface area contributed by atoms with E-state index in [1.54, 1.807) is 0 Å². The first kappa shape index (κ1) is 21.8. The van der Waals surface area contributed by atoms with Crippen molar-refractivity contribution in [3.63, 3.8) is 0 Å². The highest BCUT2D eigenvalue weighted by atomic mass is 15.2. The van der Waals surface area contributed by atoms with Crippen molar-refractivity contribution >= 4 is 22.5 Å². The summed E-state index contributed by atoms with van der Waals surface area (Å²) in [5.41, 5.74) is 11.3. The van der Waals surface area contributed by atoms with Gasteiger partial charge in [0.15, 0.2) is 0 Å². The Morgan fingerprint density at radius 2 is 2.09 bits per heavy atom. The maximum absolute atomic E-state index is 4.84. The molecule has 0 spiro atoms. The van der Waals surface area contributed by atoms with Crippen LogP contribution in [-0.4, -0.2) is 47.3 Å². The minimum Gasteiger partial charge on any atom is -0.386 e. The first-order valence-electron chi connectivity index (χ1n) is 11.9. The van der Waals surface area contributed by atoms with E-state index in [-0.39, 0.29) is 6.84 Å². The fourth-order valence-corrected chi connectivity index (χ4v) is 5.31. The quantitative estimate of drug-likeness (QED) is 0.712. The van der Waals surface area contributed by atoms with Crippen molar-refractivity contribution in [2.45, 2.75) is 39.5 Å². The van der Waals surface area contributed by atoms with Crippen LogP contribution in [0.5, 0.6) is 0 Å². The lowest BCUT2D eigenvalue weighted by Gasteiger charge is -2.31. The molecular formula is C28H35N5. The van der Waals surface area contributed by atoms with Gasteiger partial charge >= 0.3 is 0 Å². The van der Waals surface area contributed by atoms with Gasteiger partial charge < -0.3 is 5.32 Å². The lowest BCUT2D eigenvalue weighted by molar-refractivity contribution is 0.324. The number of rotatable bonds is 4. The molecule has 172 valence electrons. The Labute approximate surface area is 198 Å². The van der Waals surface area contributed by atoms with Crippen molar-refractivity contribution in [3.8, 4) is 0 Å². The third-order valence-electron chi connectivity index (χ3n) is 7.77. The standard InChI is InChI=1S/C28H33N5.H2/c1-7-20(27-16-33(6)11-10-29-27)19-12-22-21(8-9-24(22)30-14-19)25-13-23-26(15-31-25)32-18(4)28(23,5)17(2)3;/h7-8,12-15,17,29H,1,9-11,16H2,2-6H3;1H/b27-20+;. The number of allylic oxidation sites excluding steroid dienone is 3. The smallest absolute Gasteiger partial charge is 0.0854 e. The maximum Gasteiger partial charge on any atom is 0.0854 e. The Kier molecular flexibility index (Phi) is 5.32. The summed E-state index contributed by atoms with van der Waals surface area (Å²) in [6, 6.07) is 4.52. The molecule has 1 atom stereocenters. The van der Waals surface area contributed by atoms with E-state index < -0.39 is 0 Å². The average molecular weight is 442 g/mol. The van der Waals surface area contributed by atoms with Gasteiger partial charge in [-0.1, -0.05) is 32.6 Å². The van der Waals surface area contributed by atoms with Gasteiger partial charge in [-0.3, -0.25) is 19.9 Å². The van der Waals surface area contributed by atoms with Gasteiger partial charge in [0, 0.05) is 72.8 Å². The summed E-state index contributed by atoms with van der Waals surface area (Å²) in [6.45, 7) is 16.0. The second-order valence-corrected chi connectivity index (χ2v) is 9.94. The van der Waals surface area contributed by atoms with Crippen molar-refractivity contribution < 1.29 is 1.43 Å². The Hall–Kier alpha value is -3.05. The van der Waals surface area contributed by atoms with Crippen LogP contribution in [0.25, 0.3) is 11.1 Å². The van der Waals surface area contributed by atoms with E-state index >= 15 is 0 Å². The van der Waals surface area contributed by atoms with Crippen LogP contribution in [0.1, 0.15) is 57.2 Å². The topological polar surface area (TPSA) is 53.4 Å². The first-order valence-corrected chi connectivity index (χ1v) is 11.9. The Balaban J connectivity index is 0.00000274. The van der Waals surface area contributed by atoms with Crippen LogP contribution >= 0.6 is 0 Å². The van der Waals surface area contributed by atoms with Gasteiger partial charge in [-0.25, -0.2) is 0 Å². The Morgan fingerprint density at radius 1 is 1.27 bits per heavy atom. The van der Waals surface area contributed by atoms with Gasteiger partial charge in [-0.15, -0.1) is 0 Å². The summed E-state index contributed by atoms with van der Waals surface area (Å²) in [7, 11) is 2.15. The molecule has 0 amide bonds. The molecule has 1 aliphatic carbocycles. The van der Waals surface area contributed by atoms with Crippen LogP contribution < -0.4 is 5.32 Å². The van der Waals surface area contributed by atoms with Crippen LogP contribution in [0.3, 0.4) is 0 Å². The third kappa shape index (κ3) is 3.46. The van der Waals surface area contributed by atoms with Gasteiger partial charge in [0.25, 0.3) is 0 Å². The zero-order valence-corrected chi connectivity index (χ0v) is 20.4. The van der Waals surface area contributed by atoms with Crippen LogP contribution in [0, 0.1) is 5.92 Å². The monoisotopic (exact) mass is 441 g/mol. The molecule has 4 heterocycles. The van der Waals surface area contributed by atoms with Crippen molar-refractivity contribution in [2.75, 3.05) is 26.7 Å². The van der Waals surface area contributed by atoms with Gasteiger partial charge in [0.1, 0.15) is 0 Å². The number of hydrogen-bond acceptors (Lipinski definition) is 5. The molecule has 2 aromatic rings. The Bertz CT molecular complexity index is 1240. The van der Waals surface area contributed by atoms with E-state index in [0.717, 1.165) is 54.3 Å². The number of nitrogens with zero attached hydrogens (tertiary/aromatic N) is 4. The summed E-state index contributed by atoms with van der Waals surface area (Å²) in [6.07, 6.45) is 8.97. The van der Waals surface area contributed by atoms with Crippen LogP contribution in [0.4, 0.5) is 5.69 Å². The number of aliphatic imine (C=N–C) groups is 1. The summed E-state index contributed by atoms with van der Waals surface area (Å²) < 4.78 is 0. The lowest BCUT2D eigenvalue weighted by atomic mass is 9.71. The molecule has 0 radical (unpaired) electrons. The van der Waals surface area contributed by atoms with Gasteiger partial charge in [-0.2, -0.15) is 0 Å². The largest absolute Gasteiger partial charge is 0.386 e. The predicted molar refractivity (Wildman–Crippen MR) is 139 cm³/mol. The van der Waals surface area contributed by atoms with Gasteiger partial charge in [-0.05, 0) is 44.5 Å². The molecule has 0 aromatic carbocycles. The molecule has 2 aliphatic heterocycles. The maximum atomic E-state index is 4.84. The molecule has 5 nitrogen and oxygen atoms in total. The number of piperazine rings is 1. The molecule has 1 unspecified atom stereocenters. The van der Waals surface area contributed by atoms with E-state index in [2.05, 4.69) is 69.7 Å². The fraction of sp³-hybridized carbons (Fsp3) is 0.393. The number of pyridine rings is 2. The summed E-state index contributed by atoms with van der Waals surface area (Å²) in [5, 5.41) is 3.56. The van der Waals surface area contributed by atoms with Crippen molar-refractivity contribution in [1.29, 1.82) is 0 Å². The number of nitrogens with one attached hydrogen (secondary N) is 1. The highest BCUT2D eigenvalue weighted by Crippen LogP contribution is 2.46. The number of likely N-dealkylation sites (N-methyl/N-ethyl adjacent to an activating group) is 1. The second kappa shape index (κ2) is 8.07. The normalized spacial score (nSPS) is 23.6. The molecule has 2 aromatic heterocycles. The molecule has 0 bridgehead atoms. The molecule has 5 heteroatoms. The number of fused-ring (bicyclic) bond motifs is 2. The molecule has 33 heavy (non-hydrogen) atoms. The zero-order chi connectivity index (χ0) is 23.3. The molecule has 3 aliphatic rings. The van der Waals surface area contributed by atoms with Crippen LogP contribution in [0.15, 0.2) is 53.9 Å². The fourth-order valence-electron chi connectivity index (χ4n) is 5.31. The summed E-state index contributed by atoms with van der Waals surface area (Å²) in [4.78, 5) is 16.8. The van der Waals surface area contributed by atoms with E-state index in [1.807, 2.05) is 18.5 Å². The van der Waals surface area contributed by atoms with Crippen molar-refractivity contribution in [2.24, 2.45) is 10.9 Å². The van der Waals surface area contributed by atoms with E-state index in [4.69, 9.17) is 15.0 Å². The summed E-state index contributed by atoms with van der Waals surface area (Å²) in [5.74, 6) is 0.457. The predicted octanol–water partition coefficient (Wildman–Crippen LogP) is 5.16. The van der Waals surface area contributed by atoms with Gasteiger partial charge in [0.2, 0.25) is 0 Å². The third-order valence-corrected chi connectivity index (χ3v) is 7.77. The molecular weight excluding hydrogens is 406 g/mol. The minimum atomic E-state index is -0.0613. The molecule has 1 saturated heterocycles. The highest BCUT2D eigenvalue weighted by Gasteiger charge is 2.40. The Morgan fingerprint density at radius 3 is 2.82 bits per heavy atom. The van der Waals surface area contributed by atoms with Crippen molar-refractivity contribution in [3.05, 3.63) is 77.0 Å². The van der Waals surface area contributed by atoms with E-state index in [0.29, 0.717) is 5.92 Å². The molecule has 5 rings (SSSR count). The molecule has 0 saturated carbocycles. The SMILES string of the molecule is C=C/C(=C1/CN(C)CCN1)c1cnc2c(c1)C(c1cc3c(cn1)N=C(C)C3(C)C(C)C)=CC2.[HH].